The van der Waals surface area contributed by atoms with Crippen LogP contribution in [0.3, 0.4) is 0 Å². The minimum atomic E-state index is -2.95. The van der Waals surface area contributed by atoms with Crippen LogP contribution in [-0.4, -0.2) is 26.6 Å². The maximum atomic E-state index is 12.3. The fourth-order valence-electron chi connectivity index (χ4n) is 2.12. The molecule has 0 unspecified atom stereocenters. The van der Waals surface area contributed by atoms with E-state index in [1.54, 1.807) is 12.1 Å². The van der Waals surface area contributed by atoms with Gasteiger partial charge in [-0.05, 0) is 42.0 Å². The zero-order chi connectivity index (χ0) is 18.4. The lowest BCUT2D eigenvalue weighted by molar-refractivity contribution is -0.0512. The fraction of sp³-hybridized carbons (Fsp3) is 0.167. The van der Waals surface area contributed by atoms with Gasteiger partial charge < -0.3 is 14.2 Å². The zero-order valence-electron chi connectivity index (χ0n) is 13.5. The Kier molecular flexibility index (Phi) is 6.36. The van der Waals surface area contributed by atoms with E-state index in [9.17, 15) is 13.6 Å². The molecule has 0 N–H and O–H groups in total. The number of rotatable bonds is 7. The Balaban J connectivity index is 2.24. The predicted molar refractivity (Wildman–Crippen MR) is 91.0 cm³/mol. The topological polar surface area (TPSA) is 44.8 Å². The summed E-state index contributed by atoms with van der Waals surface area (Å²) < 4.78 is 39.2. The average Bonchev–Trinajstić information content (AvgIpc) is 2.60. The van der Waals surface area contributed by atoms with Crippen molar-refractivity contribution in [3.63, 3.8) is 0 Å². The van der Waals surface area contributed by atoms with Crippen LogP contribution in [0.5, 0.6) is 17.2 Å². The van der Waals surface area contributed by atoms with Crippen molar-refractivity contribution in [2.75, 3.05) is 14.2 Å². The predicted octanol–water partition coefficient (Wildman–Crippen LogP) is 4.85. The summed E-state index contributed by atoms with van der Waals surface area (Å²) in [6, 6.07) is 9.08. The van der Waals surface area contributed by atoms with Gasteiger partial charge in [-0.25, -0.2) is 0 Å². The number of ether oxygens (including phenoxy) is 3. The van der Waals surface area contributed by atoms with Gasteiger partial charge in [0.15, 0.2) is 17.3 Å². The van der Waals surface area contributed by atoms with E-state index in [0.717, 1.165) is 0 Å². The van der Waals surface area contributed by atoms with Crippen LogP contribution in [0.1, 0.15) is 15.9 Å². The second-order valence-electron chi connectivity index (χ2n) is 4.83. The van der Waals surface area contributed by atoms with Gasteiger partial charge in [-0.15, -0.1) is 0 Å². The van der Waals surface area contributed by atoms with Crippen molar-refractivity contribution in [3.8, 4) is 17.2 Å². The van der Waals surface area contributed by atoms with Gasteiger partial charge in [0.2, 0.25) is 0 Å². The number of ketones is 1. The van der Waals surface area contributed by atoms with Crippen molar-refractivity contribution in [2.24, 2.45) is 0 Å². The fourth-order valence-corrected chi connectivity index (χ4v) is 2.29. The largest absolute Gasteiger partial charge is 0.496 e. The standard InChI is InChI=1S/C18H15ClF2O4/c1-23-15-8-5-12(19)10-13(15)14(22)6-3-11-4-7-16(25-18(20)21)17(9-11)24-2/h3-10,18H,1-2H3/b6-3+. The first-order valence-electron chi connectivity index (χ1n) is 7.13. The van der Waals surface area contributed by atoms with Crippen LogP contribution in [0.25, 0.3) is 6.08 Å². The van der Waals surface area contributed by atoms with Crippen LogP contribution in [-0.2, 0) is 0 Å². The molecular formula is C18H15ClF2O4. The number of methoxy groups -OCH3 is 2. The van der Waals surface area contributed by atoms with E-state index in [1.165, 1.54) is 50.6 Å². The lowest BCUT2D eigenvalue weighted by Gasteiger charge is -2.10. The molecule has 2 aromatic carbocycles. The van der Waals surface area contributed by atoms with Gasteiger partial charge in [0, 0.05) is 5.02 Å². The molecule has 0 amide bonds. The normalized spacial score (nSPS) is 11.0. The van der Waals surface area contributed by atoms with Gasteiger partial charge in [0.1, 0.15) is 5.75 Å². The first-order valence-corrected chi connectivity index (χ1v) is 7.51. The Morgan fingerprint density at radius 1 is 1.04 bits per heavy atom. The summed E-state index contributed by atoms with van der Waals surface area (Å²) in [6.45, 7) is -2.95. The number of carbonyl (C=O) groups is 1. The Bertz CT molecular complexity index is 791. The Hall–Kier alpha value is -2.60. The number of hydrogen-bond acceptors (Lipinski definition) is 4. The van der Waals surface area contributed by atoms with Crippen molar-refractivity contribution in [2.45, 2.75) is 6.61 Å². The van der Waals surface area contributed by atoms with Crippen molar-refractivity contribution >= 4 is 23.5 Å². The van der Waals surface area contributed by atoms with Crippen LogP contribution < -0.4 is 14.2 Å². The minimum absolute atomic E-state index is 0.0857. The molecule has 2 rings (SSSR count). The van der Waals surface area contributed by atoms with E-state index < -0.39 is 6.61 Å². The molecule has 0 atom stereocenters. The summed E-state index contributed by atoms with van der Waals surface area (Å²) in [5, 5.41) is 0.410. The Labute approximate surface area is 148 Å². The van der Waals surface area contributed by atoms with E-state index >= 15 is 0 Å². The third-order valence-corrected chi connectivity index (χ3v) is 3.49. The number of benzene rings is 2. The molecular weight excluding hydrogens is 354 g/mol. The van der Waals surface area contributed by atoms with Gasteiger partial charge in [-0.3, -0.25) is 4.79 Å². The van der Waals surface area contributed by atoms with Gasteiger partial charge in [-0.1, -0.05) is 23.7 Å². The SMILES string of the molecule is COc1cc(/C=C/C(=O)c2cc(Cl)ccc2OC)ccc1OC(F)F. The second kappa shape index (κ2) is 8.48. The molecule has 0 aliphatic heterocycles. The highest BCUT2D eigenvalue weighted by Crippen LogP contribution is 2.30. The quantitative estimate of drug-likeness (QED) is 0.517. The summed E-state index contributed by atoms with van der Waals surface area (Å²) >= 11 is 5.91. The Morgan fingerprint density at radius 2 is 1.72 bits per heavy atom. The number of halogens is 3. The first kappa shape index (κ1) is 18.7. The molecule has 25 heavy (non-hydrogen) atoms. The zero-order valence-corrected chi connectivity index (χ0v) is 14.2. The summed E-state index contributed by atoms with van der Waals surface area (Å²) in [7, 11) is 2.79. The molecule has 0 bridgehead atoms. The van der Waals surface area contributed by atoms with E-state index in [2.05, 4.69) is 4.74 Å². The molecule has 0 saturated heterocycles. The molecule has 0 fully saturated rings. The third kappa shape index (κ3) is 4.93. The molecule has 132 valence electrons. The van der Waals surface area contributed by atoms with Crippen molar-refractivity contribution < 1.29 is 27.8 Å². The molecule has 0 aromatic heterocycles. The summed E-state index contributed by atoms with van der Waals surface area (Å²) in [5.41, 5.74) is 0.892. The first-order chi connectivity index (χ1) is 11.9. The van der Waals surface area contributed by atoms with Crippen LogP contribution in [0, 0.1) is 0 Å². The monoisotopic (exact) mass is 368 g/mol. The minimum Gasteiger partial charge on any atom is -0.496 e. The van der Waals surface area contributed by atoms with E-state index in [0.29, 0.717) is 21.9 Å². The summed E-state index contributed by atoms with van der Waals surface area (Å²) in [5.74, 6) is 0.135. The summed E-state index contributed by atoms with van der Waals surface area (Å²) in [4.78, 5) is 12.3. The smallest absolute Gasteiger partial charge is 0.387 e. The van der Waals surface area contributed by atoms with Gasteiger partial charge >= 0.3 is 6.61 Å². The van der Waals surface area contributed by atoms with Gasteiger partial charge in [-0.2, -0.15) is 8.78 Å². The lowest BCUT2D eigenvalue weighted by Crippen LogP contribution is -2.03. The average molecular weight is 369 g/mol. The van der Waals surface area contributed by atoms with Crippen molar-refractivity contribution in [1.29, 1.82) is 0 Å². The highest BCUT2D eigenvalue weighted by atomic mass is 35.5. The molecule has 2 aromatic rings. The molecule has 7 heteroatoms. The van der Waals surface area contributed by atoms with Crippen LogP contribution in [0.2, 0.25) is 5.02 Å². The lowest BCUT2D eigenvalue weighted by atomic mass is 10.1. The summed E-state index contributed by atoms with van der Waals surface area (Å²) in [6.07, 6.45) is 2.86. The third-order valence-electron chi connectivity index (χ3n) is 3.26. The van der Waals surface area contributed by atoms with Crippen LogP contribution in [0.15, 0.2) is 42.5 Å². The number of carbonyl (C=O) groups excluding carboxylic acids is 1. The highest BCUT2D eigenvalue weighted by Gasteiger charge is 2.12. The molecule has 0 radical (unpaired) electrons. The van der Waals surface area contributed by atoms with Gasteiger partial charge in [0.25, 0.3) is 0 Å². The van der Waals surface area contributed by atoms with Crippen molar-refractivity contribution in [1.82, 2.24) is 0 Å². The molecule has 0 aliphatic carbocycles. The second-order valence-corrected chi connectivity index (χ2v) is 5.27. The molecule has 0 heterocycles. The maximum Gasteiger partial charge on any atom is 0.387 e. The molecule has 0 spiro atoms. The van der Waals surface area contributed by atoms with Crippen LogP contribution >= 0.6 is 11.6 Å². The van der Waals surface area contributed by atoms with E-state index in [1.807, 2.05) is 0 Å². The maximum absolute atomic E-state index is 12.3. The van der Waals surface area contributed by atoms with Crippen molar-refractivity contribution in [3.05, 3.63) is 58.6 Å². The molecule has 0 saturated carbocycles. The number of hydrogen-bond donors (Lipinski definition) is 0. The van der Waals surface area contributed by atoms with Crippen LogP contribution in [0.4, 0.5) is 8.78 Å². The number of allylic oxidation sites excluding steroid dienone is 1. The number of alkyl halides is 2. The van der Waals surface area contributed by atoms with E-state index in [-0.39, 0.29) is 17.3 Å². The molecule has 4 nitrogen and oxygen atoms in total. The Morgan fingerprint density at radius 3 is 2.36 bits per heavy atom. The highest BCUT2D eigenvalue weighted by molar-refractivity contribution is 6.31. The molecule has 0 aliphatic rings. The van der Waals surface area contributed by atoms with Gasteiger partial charge in [0.05, 0.1) is 19.8 Å². The van der Waals surface area contributed by atoms with E-state index in [4.69, 9.17) is 21.1 Å².